The Morgan fingerprint density at radius 2 is 2.04 bits per heavy atom. The van der Waals surface area contributed by atoms with E-state index in [1.165, 1.54) is 0 Å². The molecule has 128 valence electrons. The van der Waals surface area contributed by atoms with E-state index in [2.05, 4.69) is 27.4 Å². The smallest absolute Gasteiger partial charge is 0.251 e. The number of carbonyl (C=O) groups is 1. The van der Waals surface area contributed by atoms with Gasteiger partial charge in [-0.1, -0.05) is 19.4 Å². The standard InChI is InChI=1S/C17H28N4O2/c1-5-6-12-21(3)17(18-2)20-11-10-19-16(22)14-8-7-9-15(13-14)23-4/h7-9,13H,5-6,10-12H2,1-4H3,(H,18,20)(H,19,22). The molecular weight excluding hydrogens is 292 g/mol. The van der Waals surface area contributed by atoms with Crippen LogP contribution in [0.5, 0.6) is 5.75 Å². The van der Waals surface area contributed by atoms with Gasteiger partial charge >= 0.3 is 0 Å². The molecule has 0 bridgehead atoms. The van der Waals surface area contributed by atoms with Crippen LogP contribution in [0.4, 0.5) is 0 Å². The monoisotopic (exact) mass is 320 g/mol. The Morgan fingerprint density at radius 3 is 2.70 bits per heavy atom. The maximum atomic E-state index is 12.1. The second-order valence-electron chi connectivity index (χ2n) is 5.24. The van der Waals surface area contributed by atoms with Crippen molar-refractivity contribution in [2.75, 3.05) is 40.8 Å². The van der Waals surface area contributed by atoms with Crippen LogP contribution in [0.1, 0.15) is 30.1 Å². The van der Waals surface area contributed by atoms with Crippen molar-refractivity contribution in [2.45, 2.75) is 19.8 Å². The third kappa shape index (κ3) is 6.59. The molecule has 2 N–H and O–H groups in total. The lowest BCUT2D eigenvalue weighted by molar-refractivity contribution is 0.0954. The molecule has 6 heteroatoms. The van der Waals surface area contributed by atoms with E-state index in [4.69, 9.17) is 4.74 Å². The minimum atomic E-state index is -0.111. The molecule has 0 radical (unpaired) electrons. The van der Waals surface area contributed by atoms with Gasteiger partial charge in [0.15, 0.2) is 5.96 Å². The second kappa shape index (κ2) is 10.5. The first-order valence-electron chi connectivity index (χ1n) is 7.96. The molecule has 0 spiro atoms. The van der Waals surface area contributed by atoms with Gasteiger partial charge in [-0.25, -0.2) is 0 Å². The van der Waals surface area contributed by atoms with E-state index in [0.717, 1.165) is 25.3 Å². The highest BCUT2D eigenvalue weighted by Gasteiger charge is 2.07. The fraction of sp³-hybridized carbons (Fsp3) is 0.529. The summed E-state index contributed by atoms with van der Waals surface area (Å²) in [7, 11) is 5.36. The molecule has 0 aliphatic heterocycles. The van der Waals surface area contributed by atoms with Crippen molar-refractivity contribution >= 4 is 11.9 Å². The Kier molecular flexibility index (Phi) is 8.57. The van der Waals surface area contributed by atoms with Gasteiger partial charge in [-0.3, -0.25) is 9.79 Å². The Bertz CT molecular complexity index is 517. The minimum absolute atomic E-state index is 0.111. The van der Waals surface area contributed by atoms with Crippen molar-refractivity contribution in [2.24, 2.45) is 4.99 Å². The quantitative estimate of drug-likeness (QED) is 0.435. The van der Waals surface area contributed by atoms with E-state index in [9.17, 15) is 4.79 Å². The molecule has 1 rings (SSSR count). The van der Waals surface area contributed by atoms with E-state index < -0.39 is 0 Å². The summed E-state index contributed by atoms with van der Waals surface area (Å²) < 4.78 is 5.12. The van der Waals surface area contributed by atoms with Crippen molar-refractivity contribution in [1.29, 1.82) is 0 Å². The number of amides is 1. The van der Waals surface area contributed by atoms with Gasteiger partial charge in [-0.15, -0.1) is 0 Å². The molecule has 1 aromatic carbocycles. The highest BCUT2D eigenvalue weighted by atomic mass is 16.5. The summed E-state index contributed by atoms with van der Waals surface area (Å²) in [5, 5.41) is 6.13. The van der Waals surface area contributed by atoms with Gasteiger partial charge in [0.25, 0.3) is 5.91 Å². The number of ether oxygens (including phenoxy) is 1. The molecule has 0 saturated heterocycles. The third-order valence-electron chi connectivity index (χ3n) is 3.45. The molecule has 0 unspecified atom stereocenters. The average Bonchev–Trinajstić information content (AvgIpc) is 2.59. The molecular formula is C17H28N4O2. The SMILES string of the molecule is CCCCN(C)C(=NC)NCCNC(=O)c1cccc(OC)c1. The molecule has 0 fully saturated rings. The summed E-state index contributed by atoms with van der Waals surface area (Å²) in [6.45, 7) is 4.28. The number of aliphatic imine (C=N–C) groups is 1. The van der Waals surface area contributed by atoms with E-state index in [-0.39, 0.29) is 5.91 Å². The van der Waals surface area contributed by atoms with Crippen molar-refractivity contribution < 1.29 is 9.53 Å². The lowest BCUT2D eigenvalue weighted by Gasteiger charge is -2.21. The van der Waals surface area contributed by atoms with Gasteiger partial charge in [0, 0.05) is 39.3 Å². The Morgan fingerprint density at radius 1 is 1.30 bits per heavy atom. The van der Waals surface area contributed by atoms with Crippen molar-refractivity contribution in [3.63, 3.8) is 0 Å². The van der Waals surface area contributed by atoms with E-state index in [0.29, 0.717) is 24.4 Å². The first-order valence-corrected chi connectivity index (χ1v) is 7.96. The van der Waals surface area contributed by atoms with E-state index in [1.54, 1.807) is 32.4 Å². The van der Waals surface area contributed by atoms with Crippen molar-refractivity contribution in [3.05, 3.63) is 29.8 Å². The lowest BCUT2D eigenvalue weighted by atomic mass is 10.2. The largest absolute Gasteiger partial charge is 0.497 e. The summed E-state index contributed by atoms with van der Waals surface area (Å²) >= 11 is 0. The topological polar surface area (TPSA) is 66.0 Å². The molecule has 0 atom stereocenters. The maximum absolute atomic E-state index is 12.1. The van der Waals surface area contributed by atoms with Gasteiger partial charge in [-0.2, -0.15) is 0 Å². The molecule has 1 aromatic rings. The molecule has 0 aliphatic carbocycles. The number of benzene rings is 1. The lowest BCUT2D eigenvalue weighted by Crippen LogP contribution is -2.42. The number of unbranched alkanes of at least 4 members (excludes halogenated alkanes) is 1. The molecule has 6 nitrogen and oxygen atoms in total. The molecule has 0 aliphatic rings. The zero-order valence-corrected chi connectivity index (χ0v) is 14.6. The first kappa shape index (κ1) is 18.8. The number of nitrogens with zero attached hydrogens (tertiary/aromatic N) is 2. The van der Waals surface area contributed by atoms with Crippen LogP contribution in [0, 0.1) is 0 Å². The second-order valence-corrected chi connectivity index (χ2v) is 5.24. The minimum Gasteiger partial charge on any atom is -0.497 e. The summed E-state index contributed by atoms with van der Waals surface area (Å²) in [6, 6.07) is 7.11. The van der Waals surface area contributed by atoms with Crippen LogP contribution >= 0.6 is 0 Å². The maximum Gasteiger partial charge on any atom is 0.251 e. The number of carbonyl (C=O) groups excluding carboxylic acids is 1. The summed E-state index contributed by atoms with van der Waals surface area (Å²) in [5.74, 6) is 1.41. The van der Waals surface area contributed by atoms with Gasteiger partial charge in [0.05, 0.1) is 7.11 Å². The normalized spacial score (nSPS) is 11.0. The molecule has 0 saturated carbocycles. The molecule has 0 heterocycles. The van der Waals surface area contributed by atoms with Gasteiger partial charge in [-0.05, 0) is 24.6 Å². The fourth-order valence-corrected chi connectivity index (χ4v) is 2.10. The molecule has 23 heavy (non-hydrogen) atoms. The van der Waals surface area contributed by atoms with Crippen LogP contribution < -0.4 is 15.4 Å². The van der Waals surface area contributed by atoms with E-state index in [1.807, 2.05) is 13.1 Å². The van der Waals surface area contributed by atoms with Crippen LogP contribution in [0.15, 0.2) is 29.3 Å². The number of hydrogen-bond acceptors (Lipinski definition) is 3. The Labute approximate surface area is 138 Å². The summed E-state index contributed by atoms with van der Waals surface area (Å²) in [4.78, 5) is 18.4. The number of nitrogens with one attached hydrogen (secondary N) is 2. The number of methoxy groups -OCH3 is 1. The predicted molar refractivity (Wildman–Crippen MR) is 94.2 cm³/mol. The van der Waals surface area contributed by atoms with Crippen LogP contribution in [-0.2, 0) is 0 Å². The Balaban J connectivity index is 2.36. The van der Waals surface area contributed by atoms with Crippen molar-refractivity contribution in [3.8, 4) is 5.75 Å². The third-order valence-corrected chi connectivity index (χ3v) is 3.45. The van der Waals surface area contributed by atoms with Gasteiger partial charge < -0.3 is 20.3 Å². The predicted octanol–water partition coefficient (Wildman–Crippen LogP) is 1.73. The highest BCUT2D eigenvalue weighted by Crippen LogP contribution is 2.12. The van der Waals surface area contributed by atoms with Crippen molar-refractivity contribution in [1.82, 2.24) is 15.5 Å². The number of hydrogen-bond donors (Lipinski definition) is 2. The van der Waals surface area contributed by atoms with E-state index >= 15 is 0 Å². The summed E-state index contributed by atoms with van der Waals surface area (Å²) in [6.07, 6.45) is 2.28. The molecule has 1 amide bonds. The van der Waals surface area contributed by atoms with Gasteiger partial charge in [0.1, 0.15) is 5.75 Å². The zero-order valence-electron chi connectivity index (χ0n) is 14.6. The molecule has 0 aromatic heterocycles. The highest BCUT2D eigenvalue weighted by molar-refractivity contribution is 5.94. The van der Waals surface area contributed by atoms with Gasteiger partial charge in [0.2, 0.25) is 0 Å². The first-order chi connectivity index (χ1) is 11.1. The fourth-order valence-electron chi connectivity index (χ4n) is 2.10. The average molecular weight is 320 g/mol. The Hall–Kier alpha value is -2.24. The van der Waals surface area contributed by atoms with Crippen LogP contribution in [-0.4, -0.2) is 57.6 Å². The number of guanidine groups is 1. The van der Waals surface area contributed by atoms with Crippen LogP contribution in [0.2, 0.25) is 0 Å². The summed E-state index contributed by atoms with van der Waals surface area (Å²) in [5.41, 5.74) is 0.591. The number of rotatable bonds is 8. The van der Waals surface area contributed by atoms with Crippen LogP contribution in [0.3, 0.4) is 0 Å². The van der Waals surface area contributed by atoms with Crippen LogP contribution in [0.25, 0.3) is 0 Å². The zero-order chi connectivity index (χ0) is 17.1.